The van der Waals surface area contributed by atoms with Crippen molar-refractivity contribution in [2.45, 2.75) is 19.6 Å². The van der Waals surface area contributed by atoms with E-state index in [-0.39, 0.29) is 5.91 Å². The Morgan fingerprint density at radius 3 is 2.60 bits per heavy atom. The Morgan fingerprint density at radius 2 is 1.77 bits per heavy atom. The molecule has 0 aliphatic rings. The maximum atomic E-state index is 12.1. The third-order valence-electron chi connectivity index (χ3n) is 4.64. The molecule has 1 heterocycles. The first-order valence-corrected chi connectivity index (χ1v) is 9.76. The Kier molecular flexibility index (Phi) is 6.15. The summed E-state index contributed by atoms with van der Waals surface area (Å²) in [6.45, 7) is 1.08. The van der Waals surface area contributed by atoms with Crippen LogP contribution in [0.25, 0.3) is 11.0 Å². The van der Waals surface area contributed by atoms with Crippen LogP contribution in [-0.2, 0) is 17.9 Å². The van der Waals surface area contributed by atoms with Gasteiger partial charge in [-0.3, -0.25) is 4.79 Å². The van der Waals surface area contributed by atoms with Crippen molar-refractivity contribution in [3.8, 4) is 5.75 Å². The number of hydrazone groups is 1. The van der Waals surface area contributed by atoms with Crippen LogP contribution in [0.15, 0.2) is 90.3 Å². The van der Waals surface area contributed by atoms with Crippen LogP contribution in [0.2, 0.25) is 0 Å². The molecule has 0 saturated carbocycles. The highest BCUT2D eigenvalue weighted by Gasteiger charge is 2.04. The smallest absolute Gasteiger partial charge is 0.241 e. The van der Waals surface area contributed by atoms with Gasteiger partial charge in [-0.15, -0.1) is 0 Å². The van der Waals surface area contributed by atoms with Gasteiger partial charge in [-0.2, -0.15) is 5.10 Å². The van der Waals surface area contributed by atoms with Crippen molar-refractivity contribution in [2.75, 3.05) is 0 Å². The summed E-state index contributed by atoms with van der Waals surface area (Å²) in [7, 11) is 0. The van der Waals surface area contributed by atoms with Gasteiger partial charge in [0.25, 0.3) is 0 Å². The summed E-state index contributed by atoms with van der Waals surface area (Å²) in [6, 6.07) is 25.4. The molecule has 0 fully saturated rings. The number of hydrogen-bond acceptors (Lipinski definition) is 4. The molecule has 0 spiro atoms. The first kappa shape index (κ1) is 19.4. The zero-order chi connectivity index (χ0) is 20.6. The largest absolute Gasteiger partial charge is 0.489 e. The zero-order valence-corrected chi connectivity index (χ0v) is 16.4. The molecule has 3 aromatic carbocycles. The van der Waals surface area contributed by atoms with Gasteiger partial charge in [0.2, 0.25) is 5.91 Å². The van der Waals surface area contributed by atoms with Crippen molar-refractivity contribution < 1.29 is 9.53 Å². The van der Waals surface area contributed by atoms with E-state index in [0.29, 0.717) is 19.6 Å². The van der Waals surface area contributed by atoms with Gasteiger partial charge in [-0.1, -0.05) is 42.5 Å². The molecule has 6 heteroatoms. The number of carbonyl (C=O) groups excluding carboxylic acids is 1. The lowest BCUT2D eigenvalue weighted by atomic mass is 10.2. The van der Waals surface area contributed by atoms with E-state index in [1.807, 2.05) is 83.4 Å². The van der Waals surface area contributed by atoms with E-state index >= 15 is 0 Å². The van der Waals surface area contributed by atoms with Gasteiger partial charge < -0.3 is 9.30 Å². The van der Waals surface area contributed by atoms with Crippen LogP contribution in [-0.4, -0.2) is 21.7 Å². The number of amides is 1. The zero-order valence-electron chi connectivity index (χ0n) is 16.4. The predicted octanol–water partition coefficient (Wildman–Crippen LogP) is 4.16. The van der Waals surface area contributed by atoms with E-state index in [0.717, 1.165) is 27.9 Å². The second-order valence-corrected chi connectivity index (χ2v) is 6.81. The molecule has 0 radical (unpaired) electrons. The number of carbonyl (C=O) groups is 1. The Morgan fingerprint density at radius 1 is 1.00 bits per heavy atom. The summed E-state index contributed by atoms with van der Waals surface area (Å²) in [4.78, 5) is 16.4. The SMILES string of the molecule is O=C(CCn1cnc2ccccc21)N/N=C/c1ccc(OCc2ccccc2)cc1. The van der Waals surface area contributed by atoms with Crippen molar-refractivity contribution in [3.05, 3.63) is 96.3 Å². The quantitative estimate of drug-likeness (QED) is 0.358. The van der Waals surface area contributed by atoms with Gasteiger partial charge >= 0.3 is 0 Å². The van der Waals surface area contributed by atoms with E-state index in [1.165, 1.54) is 0 Å². The normalized spacial score (nSPS) is 11.1. The van der Waals surface area contributed by atoms with E-state index in [4.69, 9.17) is 4.74 Å². The molecule has 0 aliphatic carbocycles. The minimum atomic E-state index is -0.146. The summed E-state index contributed by atoms with van der Waals surface area (Å²) in [5, 5.41) is 4.04. The van der Waals surface area contributed by atoms with E-state index in [9.17, 15) is 4.79 Å². The minimum Gasteiger partial charge on any atom is -0.489 e. The number of imidazole rings is 1. The molecule has 4 aromatic rings. The van der Waals surface area contributed by atoms with E-state index in [2.05, 4.69) is 15.5 Å². The third-order valence-corrected chi connectivity index (χ3v) is 4.64. The number of fused-ring (bicyclic) bond motifs is 1. The number of ether oxygens (including phenoxy) is 1. The molecule has 0 unspecified atom stereocenters. The number of nitrogens with one attached hydrogen (secondary N) is 1. The van der Waals surface area contributed by atoms with Crippen LogP contribution in [0.3, 0.4) is 0 Å². The molecule has 1 amide bonds. The molecule has 6 nitrogen and oxygen atoms in total. The fraction of sp³-hybridized carbons (Fsp3) is 0.125. The van der Waals surface area contributed by atoms with Crippen LogP contribution in [0.1, 0.15) is 17.5 Å². The highest BCUT2D eigenvalue weighted by atomic mass is 16.5. The van der Waals surface area contributed by atoms with Gasteiger partial charge in [0.1, 0.15) is 12.4 Å². The van der Waals surface area contributed by atoms with Crippen LogP contribution in [0.4, 0.5) is 0 Å². The number of rotatable bonds is 8. The summed E-state index contributed by atoms with van der Waals surface area (Å²) in [5.74, 6) is 0.638. The number of aryl methyl sites for hydroxylation is 1. The average Bonchev–Trinajstić information content (AvgIpc) is 3.21. The topological polar surface area (TPSA) is 68.5 Å². The Bertz CT molecular complexity index is 1130. The Labute approximate surface area is 174 Å². The van der Waals surface area contributed by atoms with Crippen molar-refractivity contribution in [1.82, 2.24) is 15.0 Å². The fourth-order valence-corrected chi connectivity index (χ4v) is 3.04. The summed E-state index contributed by atoms with van der Waals surface area (Å²) >= 11 is 0. The fourth-order valence-electron chi connectivity index (χ4n) is 3.04. The number of nitrogens with zero attached hydrogens (tertiary/aromatic N) is 3. The molecule has 4 rings (SSSR count). The molecule has 0 atom stereocenters. The van der Waals surface area contributed by atoms with Crippen LogP contribution in [0.5, 0.6) is 5.75 Å². The maximum absolute atomic E-state index is 12.1. The monoisotopic (exact) mass is 398 g/mol. The maximum Gasteiger partial charge on any atom is 0.241 e. The number of hydrogen-bond donors (Lipinski definition) is 1. The third kappa shape index (κ3) is 5.11. The Hall–Kier alpha value is -3.93. The van der Waals surface area contributed by atoms with Gasteiger partial charge in [-0.05, 0) is 47.5 Å². The molecule has 1 N–H and O–H groups in total. The summed E-state index contributed by atoms with van der Waals surface area (Å²) in [6.07, 6.45) is 3.69. The van der Waals surface area contributed by atoms with Crippen molar-refractivity contribution in [2.24, 2.45) is 5.10 Å². The van der Waals surface area contributed by atoms with Crippen LogP contribution in [0, 0.1) is 0 Å². The highest BCUT2D eigenvalue weighted by molar-refractivity contribution is 5.82. The summed E-state index contributed by atoms with van der Waals surface area (Å²) < 4.78 is 7.73. The second-order valence-electron chi connectivity index (χ2n) is 6.81. The van der Waals surface area contributed by atoms with Crippen LogP contribution >= 0.6 is 0 Å². The van der Waals surface area contributed by atoms with Gasteiger partial charge in [-0.25, -0.2) is 10.4 Å². The van der Waals surface area contributed by atoms with Crippen LogP contribution < -0.4 is 10.2 Å². The van der Waals surface area contributed by atoms with Gasteiger partial charge in [0.05, 0.1) is 23.6 Å². The standard InChI is InChI=1S/C24H22N4O2/c29-24(14-15-28-18-25-22-8-4-5-9-23(22)28)27-26-16-19-10-12-21(13-11-19)30-17-20-6-2-1-3-7-20/h1-13,16,18H,14-15,17H2,(H,27,29)/b26-16+. The second kappa shape index (κ2) is 9.52. The van der Waals surface area contributed by atoms with Gasteiger partial charge in [0.15, 0.2) is 0 Å². The molecular formula is C24H22N4O2. The molecule has 0 bridgehead atoms. The highest BCUT2D eigenvalue weighted by Crippen LogP contribution is 2.14. The first-order valence-electron chi connectivity index (χ1n) is 9.76. The summed E-state index contributed by atoms with van der Waals surface area (Å²) in [5.41, 5.74) is 6.51. The van der Waals surface area contributed by atoms with Crippen molar-refractivity contribution in [1.29, 1.82) is 0 Å². The molecule has 30 heavy (non-hydrogen) atoms. The number of para-hydroxylation sites is 2. The molecule has 1 aromatic heterocycles. The minimum absolute atomic E-state index is 0.146. The van der Waals surface area contributed by atoms with E-state index in [1.54, 1.807) is 12.5 Å². The number of benzene rings is 3. The molecule has 0 aliphatic heterocycles. The Balaban J connectivity index is 1.23. The predicted molar refractivity (Wildman–Crippen MR) is 117 cm³/mol. The molecular weight excluding hydrogens is 376 g/mol. The molecule has 0 saturated heterocycles. The number of aromatic nitrogens is 2. The average molecular weight is 398 g/mol. The molecule has 150 valence electrons. The van der Waals surface area contributed by atoms with E-state index < -0.39 is 0 Å². The first-order chi connectivity index (χ1) is 14.8. The lowest BCUT2D eigenvalue weighted by Gasteiger charge is -2.06. The lowest BCUT2D eigenvalue weighted by Crippen LogP contribution is -2.19. The van der Waals surface area contributed by atoms with Gasteiger partial charge in [0, 0.05) is 13.0 Å². The lowest BCUT2D eigenvalue weighted by molar-refractivity contribution is -0.121. The van der Waals surface area contributed by atoms with Crippen molar-refractivity contribution in [3.63, 3.8) is 0 Å². The van der Waals surface area contributed by atoms with Crippen molar-refractivity contribution >= 4 is 23.2 Å².